The average Bonchev–Trinajstić information content (AvgIpc) is 2.28. The summed E-state index contributed by atoms with van der Waals surface area (Å²) in [5.41, 5.74) is 1.05. The summed E-state index contributed by atoms with van der Waals surface area (Å²) in [5.74, 6) is 0.483. The molecule has 4 heteroatoms. The van der Waals surface area contributed by atoms with Gasteiger partial charge in [0.15, 0.2) is 0 Å². The van der Waals surface area contributed by atoms with Gasteiger partial charge < -0.3 is 0 Å². The molecular formula is C11H8IN3. The van der Waals surface area contributed by atoms with Crippen molar-refractivity contribution >= 4 is 34.8 Å². The minimum absolute atomic E-state index is 0.483. The minimum Gasteiger partial charge on any atom is -0.220 e. The Hall–Kier alpha value is -1.30. The summed E-state index contributed by atoms with van der Waals surface area (Å²) < 4.78 is 1.19. The Morgan fingerprint density at radius 3 is 2.67 bits per heavy atom. The number of hydrogen-bond acceptors (Lipinski definition) is 3. The standard InChI is InChI=1S/C11H8IN3/c12-10-4-1-3-9(7-10)8-15-11-13-5-2-6-14-11/h1-8H. The second-order valence-corrected chi connectivity index (χ2v) is 4.11. The van der Waals surface area contributed by atoms with Crippen molar-refractivity contribution in [3.05, 3.63) is 51.9 Å². The molecule has 0 saturated carbocycles. The molecular weight excluding hydrogens is 301 g/mol. The summed E-state index contributed by atoms with van der Waals surface area (Å²) in [6, 6.07) is 9.85. The highest BCUT2D eigenvalue weighted by Gasteiger charge is 1.90. The van der Waals surface area contributed by atoms with Gasteiger partial charge in [-0.15, -0.1) is 0 Å². The Labute approximate surface area is 101 Å². The first kappa shape index (κ1) is 10.2. The lowest BCUT2D eigenvalue weighted by atomic mass is 10.2. The van der Waals surface area contributed by atoms with Gasteiger partial charge in [-0.25, -0.2) is 15.0 Å². The molecule has 0 radical (unpaired) electrons. The third-order valence-electron chi connectivity index (χ3n) is 1.73. The summed E-state index contributed by atoms with van der Waals surface area (Å²) in [5, 5.41) is 0. The molecule has 0 bridgehead atoms. The number of aromatic nitrogens is 2. The van der Waals surface area contributed by atoms with Gasteiger partial charge in [0.2, 0.25) is 5.95 Å². The Morgan fingerprint density at radius 2 is 1.93 bits per heavy atom. The molecule has 0 aliphatic rings. The van der Waals surface area contributed by atoms with Crippen molar-refractivity contribution < 1.29 is 0 Å². The van der Waals surface area contributed by atoms with Gasteiger partial charge >= 0.3 is 0 Å². The number of nitrogens with zero attached hydrogens (tertiary/aromatic N) is 3. The monoisotopic (exact) mass is 309 g/mol. The van der Waals surface area contributed by atoms with Crippen LogP contribution in [0.3, 0.4) is 0 Å². The van der Waals surface area contributed by atoms with Crippen LogP contribution in [0, 0.1) is 3.57 Å². The molecule has 2 aromatic rings. The molecule has 0 N–H and O–H groups in total. The maximum atomic E-state index is 4.17. The zero-order chi connectivity index (χ0) is 10.5. The fourth-order valence-corrected chi connectivity index (χ4v) is 1.64. The third-order valence-corrected chi connectivity index (χ3v) is 2.40. The van der Waals surface area contributed by atoms with E-state index in [4.69, 9.17) is 0 Å². The van der Waals surface area contributed by atoms with E-state index in [0.717, 1.165) is 5.56 Å². The van der Waals surface area contributed by atoms with E-state index >= 15 is 0 Å². The summed E-state index contributed by atoms with van der Waals surface area (Å²) in [4.78, 5) is 12.2. The van der Waals surface area contributed by atoms with Crippen LogP contribution in [0.5, 0.6) is 0 Å². The fraction of sp³-hybridized carbons (Fsp3) is 0. The van der Waals surface area contributed by atoms with Crippen molar-refractivity contribution in [1.29, 1.82) is 0 Å². The molecule has 0 amide bonds. The second-order valence-electron chi connectivity index (χ2n) is 2.86. The van der Waals surface area contributed by atoms with Crippen LogP contribution in [0.4, 0.5) is 5.95 Å². The SMILES string of the molecule is Ic1cccc(C=Nc2ncccn2)c1. The molecule has 0 aliphatic heterocycles. The fourth-order valence-electron chi connectivity index (χ4n) is 1.08. The maximum Gasteiger partial charge on any atom is 0.249 e. The second kappa shape index (κ2) is 4.97. The number of hydrogen-bond donors (Lipinski definition) is 0. The topological polar surface area (TPSA) is 38.1 Å². The highest BCUT2D eigenvalue weighted by atomic mass is 127. The molecule has 1 heterocycles. The predicted octanol–water partition coefficient (Wildman–Crippen LogP) is 2.83. The lowest BCUT2D eigenvalue weighted by Crippen LogP contribution is -1.83. The molecule has 1 aromatic heterocycles. The van der Waals surface area contributed by atoms with E-state index in [1.54, 1.807) is 24.7 Å². The van der Waals surface area contributed by atoms with Gasteiger partial charge in [-0.2, -0.15) is 0 Å². The van der Waals surface area contributed by atoms with Crippen molar-refractivity contribution in [2.24, 2.45) is 4.99 Å². The van der Waals surface area contributed by atoms with E-state index in [1.807, 2.05) is 24.3 Å². The Bertz CT molecular complexity index is 468. The average molecular weight is 309 g/mol. The third kappa shape index (κ3) is 3.09. The van der Waals surface area contributed by atoms with E-state index in [-0.39, 0.29) is 0 Å². The lowest BCUT2D eigenvalue weighted by Gasteiger charge is -1.93. The highest BCUT2D eigenvalue weighted by Crippen LogP contribution is 2.07. The summed E-state index contributed by atoms with van der Waals surface area (Å²) in [6.07, 6.45) is 5.11. The normalized spacial score (nSPS) is 10.7. The Balaban J connectivity index is 2.19. The van der Waals surface area contributed by atoms with Crippen LogP contribution in [0.15, 0.2) is 47.7 Å². The van der Waals surface area contributed by atoms with Crippen LogP contribution >= 0.6 is 22.6 Å². The molecule has 3 nitrogen and oxygen atoms in total. The smallest absolute Gasteiger partial charge is 0.220 e. The quantitative estimate of drug-likeness (QED) is 0.632. The van der Waals surface area contributed by atoms with Gasteiger partial charge in [-0.1, -0.05) is 12.1 Å². The van der Waals surface area contributed by atoms with Crippen LogP contribution in [0.1, 0.15) is 5.56 Å². The largest absolute Gasteiger partial charge is 0.249 e. The lowest BCUT2D eigenvalue weighted by molar-refractivity contribution is 1.14. The van der Waals surface area contributed by atoms with Crippen molar-refractivity contribution in [2.75, 3.05) is 0 Å². The van der Waals surface area contributed by atoms with Crippen LogP contribution in [-0.2, 0) is 0 Å². The van der Waals surface area contributed by atoms with E-state index in [1.165, 1.54) is 3.57 Å². The summed E-state index contributed by atoms with van der Waals surface area (Å²) >= 11 is 2.27. The van der Waals surface area contributed by atoms with Crippen molar-refractivity contribution in [1.82, 2.24) is 9.97 Å². The number of aliphatic imine (C=N–C) groups is 1. The predicted molar refractivity (Wildman–Crippen MR) is 68.4 cm³/mol. The molecule has 0 spiro atoms. The molecule has 1 aromatic carbocycles. The van der Waals surface area contributed by atoms with E-state index in [9.17, 15) is 0 Å². The molecule has 2 rings (SSSR count). The van der Waals surface area contributed by atoms with Crippen molar-refractivity contribution in [3.63, 3.8) is 0 Å². The van der Waals surface area contributed by atoms with E-state index in [2.05, 4.69) is 37.6 Å². The minimum atomic E-state index is 0.483. The molecule has 0 unspecified atom stereocenters. The number of benzene rings is 1. The zero-order valence-corrected chi connectivity index (χ0v) is 10.00. The van der Waals surface area contributed by atoms with Crippen LogP contribution < -0.4 is 0 Å². The van der Waals surface area contributed by atoms with Crippen LogP contribution in [0.25, 0.3) is 0 Å². The molecule has 0 fully saturated rings. The first-order valence-corrected chi connectivity index (χ1v) is 5.49. The van der Waals surface area contributed by atoms with Crippen LogP contribution in [-0.4, -0.2) is 16.2 Å². The first-order valence-electron chi connectivity index (χ1n) is 4.41. The highest BCUT2D eigenvalue weighted by molar-refractivity contribution is 14.1. The number of rotatable bonds is 2. The van der Waals surface area contributed by atoms with Gasteiger partial charge in [0.05, 0.1) is 0 Å². The van der Waals surface area contributed by atoms with Gasteiger partial charge in [0, 0.05) is 22.2 Å². The number of halogens is 1. The van der Waals surface area contributed by atoms with Gasteiger partial charge in [0.25, 0.3) is 0 Å². The molecule has 0 atom stereocenters. The molecule has 0 aliphatic carbocycles. The van der Waals surface area contributed by atoms with Gasteiger partial charge in [0.1, 0.15) is 0 Å². The van der Waals surface area contributed by atoms with Crippen molar-refractivity contribution in [3.8, 4) is 0 Å². The first-order chi connectivity index (χ1) is 7.34. The Morgan fingerprint density at radius 1 is 1.13 bits per heavy atom. The van der Waals surface area contributed by atoms with E-state index < -0.39 is 0 Å². The van der Waals surface area contributed by atoms with E-state index in [0.29, 0.717) is 5.95 Å². The molecule has 15 heavy (non-hydrogen) atoms. The maximum absolute atomic E-state index is 4.17. The molecule has 0 saturated heterocycles. The van der Waals surface area contributed by atoms with Crippen molar-refractivity contribution in [2.45, 2.75) is 0 Å². The van der Waals surface area contributed by atoms with Crippen LogP contribution in [0.2, 0.25) is 0 Å². The zero-order valence-electron chi connectivity index (χ0n) is 7.84. The summed E-state index contributed by atoms with van der Waals surface area (Å²) in [7, 11) is 0. The molecule has 74 valence electrons. The van der Waals surface area contributed by atoms with Gasteiger partial charge in [-0.05, 0) is 46.4 Å². The van der Waals surface area contributed by atoms with Gasteiger partial charge in [-0.3, -0.25) is 0 Å². The summed E-state index contributed by atoms with van der Waals surface area (Å²) in [6.45, 7) is 0. The Kier molecular flexibility index (Phi) is 3.39.